The second-order valence-corrected chi connectivity index (χ2v) is 23.0. The normalized spacial score (nSPS) is 14.6. The first-order valence-corrected chi connectivity index (χ1v) is 23.9. The highest BCUT2D eigenvalue weighted by atomic mass is 35.5. The van der Waals surface area contributed by atoms with E-state index in [0.29, 0.717) is 61.1 Å². The number of amides is 1. The summed E-state index contributed by atoms with van der Waals surface area (Å²) in [5.41, 5.74) is 9.44. The first kappa shape index (κ1) is 40.6. The van der Waals surface area contributed by atoms with Gasteiger partial charge in [-0.25, -0.2) is 9.48 Å². The van der Waals surface area contributed by atoms with Crippen molar-refractivity contribution in [2.45, 2.75) is 85.9 Å². The number of ether oxygens (including phenoxy) is 2. The summed E-state index contributed by atoms with van der Waals surface area (Å²) < 4.78 is 18.1. The molecule has 3 aromatic carbocycles. The summed E-state index contributed by atoms with van der Waals surface area (Å²) in [7, 11) is 0.478. The van der Waals surface area contributed by atoms with Gasteiger partial charge in [0, 0.05) is 66.9 Å². The van der Waals surface area contributed by atoms with Crippen LogP contribution >= 0.6 is 23.2 Å². The molecule has 1 aliphatic heterocycles. The Morgan fingerprint density at radius 2 is 1.70 bits per heavy atom. The lowest BCUT2D eigenvalue weighted by atomic mass is 9.98. The van der Waals surface area contributed by atoms with Gasteiger partial charge in [0.15, 0.2) is 0 Å². The predicted molar refractivity (Wildman–Crippen MR) is 233 cm³/mol. The average Bonchev–Trinajstić information content (AvgIpc) is 3.77. The quantitative estimate of drug-likeness (QED) is 0.0918. The summed E-state index contributed by atoms with van der Waals surface area (Å²) in [5.74, 6) is -0.422. The molecule has 57 heavy (non-hydrogen) atoms. The summed E-state index contributed by atoms with van der Waals surface area (Å²) in [6, 6.07) is 16.1. The van der Waals surface area contributed by atoms with Crippen molar-refractivity contribution < 1.29 is 24.2 Å². The van der Waals surface area contributed by atoms with Crippen molar-refractivity contribution in [1.82, 2.24) is 18.9 Å². The van der Waals surface area contributed by atoms with Gasteiger partial charge in [-0.3, -0.25) is 4.79 Å². The molecule has 10 nitrogen and oxygen atoms in total. The van der Waals surface area contributed by atoms with E-state index in [9.17, 15) is 9.90 Å². The average molecular weight is 829 g/mol. The van der Waals surface area contributed by atoms with E-state index in [2.05, 4.69) is 31.1 Å². The highest BCUT2D eigenvalue weighted by Crippen LogP contribution is 2.46. The first-order valence-electron chi connectivity index (χ1n) is 19.5. The number of carboxylic acids is 1. The fourth-order valence-corrected chi connectivity index (χ4v) is 9.41. The smallest absolute Gasteiger partial charge is 0.352 e. The summed E-state index contributed by atoms with van der Waals surface area (Å²) in [5, 5.41) is 17.8. The number of aryl methyl sites for hydroxylation is 5. The Kier molecular flexibility index (Phi) is 11.2. The number of hydrogen-bond donors (Lipinski definition) is 1. The molecule has 13 heteroatoms. The third-order valence-corrected chi connectivity index (χ3v) is 13.8. The number of nitrogens with zero attached hydrogens (tertiary/aromatic N) is 5. The molecule has 7 rings (SSSR count). The summed E-state index contributed by atoms with van der Waals surface area (Å²) in [6.45, 7) is 18.9. The third-order valence-electron chi connectivity index (χ3n) is 11.2. The summed E-state index contributed by atoms with van der Waals surface area (Å²) >= 11 is 13.6. The van der Waals surface area contributed by atoms with Gasteiger partial charge < -0.3 is 28.6 Å². The van der Waals surface area contributed by atoms with Crippen LogP contribution in [0.5, 0.6) is 5.75 Å². The Morgan fingerprint density at radius 1 is 0.982 bits per heavy atom. The number of aromatic nitrogens is 4. The lowest BCUT2D eigenvalue weighted by molar-refractivity contribution is 0.0686. The van der Waals surface area contributed by atoms with Gasteiger partial charge in [-0.2, -0.15) is 5.10 Å². The zero-order valence-electron chi connectivity index (χ0n) is 34.2. The summed E-state index contributed by atoms with van der Waals surface area (Å²) in [4.78, 5) is 29.1. The number of benzene rings is 3. The molecule has 1 aliphatic rings. The minimum absolute atomic E-state index is 0.153. The van der Waals surface area contributed by atoms with E-state index in [1.54, 1.807) is 22.6 Å². The number of carboxylic acid groups (broad SMARTS) is 1. The van der Waals surface area contributed by atoms with Crippen molar-refractivity contribution in [2.24, 2.45) is 7.05 Å². The zero-order valence-corrected chi connectivity index (χ0v) is 36.7. The molecule has 4 heterocycles. The molecular weight excluding hydrogens is 778 g/mol. The van der Waals surface area contributed by atoms with Crippen molar-refractivity contribution in [2.75, 3.05) is 24.7 Å². The lowest BCUT2D eigenvalue weighted by Gasteiger charge is -2.34. The standard InChI is InChI=1S/C44H51Cl2N5O5Si/c1-25-20-30(21-26(2)40(25)46)56-17-11-12-31-32-15-16-34(45)39(38-28(4)47-50(29(38)5)24-55-18-19-57(7,8)9)41(32)51-27(3)23-49(43(52)42(31)51)36-14-10-13-35-33(36)22-37(44(53)54)48(35)6/h10,13-16,20-22,27H,11-12,17-19,23-24H2,1-9H3,(H,53,54)/t27-/m1/s1. The van der Waals surface area contributed by atoms with E-state index < -0.39 is 14.0 Å². The van der Waals surface area contributed by atoms with Gasteiger partial charge in [-0.1, -0.05) is 55.0 Å². The molecule has 0 bridgehead atoms. The topological polar surface area (TPSA) is 104 Å². The predicted octanol–water partition coefficient (Wildman–Crippen LogP) is 10.8. The fraction of sp³-hybridized carbons (Fsp3) is 0.386. The largest absolute Gasteiger partial charge is 0.494 e. The zero-order chi connectivity index (χ0) is 41.1. The lowest BCUT2D eigenvalue weighted by Crippen LogP contribution is -2.42. The fourth-order valence-electron chi connectivity index (χ4n) is 8.30. The number of fused-ring (bicyclic) bond motifs is 4. The minimum Gasteiger partial charge on any atom is -0.494 e. The second kappa shape index (κ2) is 15.7. The van der Waals surface area contributed by atoms with Crippen LogP contribution in [0.4, 0.5) is 5.69 Å². The van der Waals surface area contributed by atoms with E-state index in [-0.39, 0.29) is 17.6 Å². The van der Waals surface area contributed by atoms with Crippen molar-refractivity contribution in [3.05, 3.63) is 98.0 Å². The van der Waals surface area contributed by atoms with E-state index >= 15 is 4.79 Å². The third kappa shape index (κ3) is 7.51. The molecule has 0 saturated heterocycles. The Morgan fingerprint density at radius 3 is 2.39 bits per heavy atom. The van der Waals surface area contributed by atoms with Crippen molar-refractivity contribution in [3.63, 3.8) is 0 Å². The molecule has 0 aliphatic carbocycles. The van der Waals surface area contributed by atoms with Crippen LogP contribution in [-0.4, -0.2) is 63.7 Å². The van der Waals surface area contributed by atoms with Gasteiger partial charge in [-0.05, 0) is 107 Å². The molecule has 1 atom stereocenters. The van der Waals surface area contributed by atoms with Crippen molar-refractivity contribution >= 4 is 70.6 Å². The monoisotopic (exact) mass is 827 g/mol. The van der Waals surface area contributed by atoms with Crippen LogP contribution in [0.1, 0.15) is 68.4 Å². The maximum atomic E-state index is 15.1. The van der Waals surface area contributed by atoms with Crippen LogP contribution in [-0.2, 0) is 24.9 Å². The van der Waals surface area contributed by atoms with Crippen molar-refractivity contribution in [3.8, 4) is 16.9 Å². The number of hydrogen-bond acceptors (Lipinski definition) is 5. The minimum atomic E-state index is -1.26. The molecule has 1 N–H and O–H groups in total. The van der Waals surface area contributed by atoms with Gasteiger partial charge in [0.05, 0.1) is 34.0 Å². The maximum Gasteiger partial charge on any atom is 0.352 e. The van der Waals surface area contributed by atoms with Gasteiger partial charge in [-0.15, -0.1) is 0 Å². The second-order valence-electron chi connectivity index (χ2n) is 16.6. The number of halogens is 2. The van der Waals surface area contributed by atoms with Crippen LogP contribution in [0, 0.1) is 27.7 Å². The van der Waals surface area contributed by atoms with Crippen LogP contribution in [0.25, 0.3) is 32.9 Å². The van der Waals surface area contributed by atoms with Gasteiger partial charge in [0.25, 0.3) is 5.91 Å². The molecule has 3 aromatic heterocycles. The van der Waals surface area contributed by atoms with Crippen LogP contribution < -0.4 is 9.64 Å². The molecule has 0 saturated carbocycles. The van der Waals surface area contributed by atoms with Gasteiger partial charge in [0.1, 0.15) is 23.9 Å². The molecule has 300 valence electrons. The molecule has 0 unspecified atom stereocenters. The van der Waals surface area contributed by atoms with Crippen molar-refractivity contribution in [1.29, 1.82) is 0 Å². The van der Waals surface area contributed by atoms with E-state index in [4.69, 9.17) is 37.8 Å². The Bertz CT molecular complexity index is 2540. The number of rotatable bonds is 13. The Balaban J connectivity index is 1.34. The SMILES string of the molecule is Cc1cc(OCCCc2c3n(c4c(-c5c(C)nn(COCC[Si](C)(C)C)c5C)c(Cl)ccc24)[C@H](C)CN(c2cccc4c2cc(C(=O)O)n4C)C3=O)cc(C)c1Cl. The van der Waals surface area contributed by atoms with Gasteiger partial charge in [0.2, 0.25) is 0 Å². The number of aromatic carboxylic acids is 1. The van der Waals surface area contributed by atoms with Gasteiger partial charge >= 0.3 is 5.97 Å². The van der Waals surface area contributed by atoms with Crippen LogP contribution in [0.15, 0.2) is 48.5 Å². The van der Waals surface area contributed by atoms with Crippen LogP contribution in [0.3, 0.4) is 0 Å². The Labute approximate surface area is 344 Å². The highest BCUT2D eigenvalue weighted by molar-refractivity contribution is 6.76. The first-order chi connectivity index (χ1) is 27.0. The Hall–Kier alpha value is -4.55. The molecule has 6 aromatic rings. The molecule has 0 radical (unpaired) electrons. The number of carbonyl (C=O) groups excluding carboxylic acids is 1. The van der Waals surface area contributed by atoms with E-state index in [1.807, 2.05) is 74.8 Å². The van der Waals surface area contributed by atoms with E-state index in [1.165, 1.54) is 0 Å². The molecule has 0 fully saturated rings. The highest BCUT2D eigenvalue weighted by Gasteiger charge is 2.37. The van der Waals surface area contributed by atoms with E-state index in [0.717, 1.165) is 72.4 Å². The molecule has 0 spiro atoms. The molecule has 1 amide bonds. The maximum absolute atomic E-state index is 15.1. The van der Waals surface area contributed by atoms with Crippen LogP contribution in [0.2, 0.25) is 35.7 Å². The number of carbonyl (C=O) groups is 2. The summed E-state index contributed by atoms with van der Waals surface area (Å²) in [6.07, 6.45) is 1.21. The number of anilines is 1. The molecular formula is C44H51Cl2N5O5Si.